The number of aliphatic hydroxyl groups is 1. The fourth-order valence-corrected chi connectivity index (χ4v) is 3.34. The summed E-state index contributed by atoms with van der Waals surface area (Å²) >= 11 is 0. The van der Waals surface area contributed by atoms with Crippen molar-refractivity contribution in [2.24, 2.45) is 5.92 Å². The van der Waals surface area contributed by atoms with Gasteiger partial charge in [0.1, 0.15) is 24.6 Å². The number of fused-ring (bicyclic) bond motifs is 1. The summed E-state index contributed by atoms with van der Waals surface area (Å²) in [5, 5.41) is 9.62. The number of carbonyl (C=O) groups is 3. The normalized spacial score (nSPS) is 27.8. The Morgan fingerprint density at radius 2 is 2.18 bits per heavy atom. The quantitative estimate of drug-likeness (QED) is 0.320. The smallest absolute Gasteiger partial charge is 0.334 e. The van der Waals surface area contributed by atoms with Crippen molar-refractivity contribution in [3.05, 3.63) is 47.6 Å². The first kappa shape index (κ1) is 21.8. The van der Waals surface area contributed by atoms with Crippen molar-refractivity contribution in [2.45, 2.75) is 45.0 Å². The van der Waals surface area contributed by atoms with Crippen LogP contribution in [0.3, 0.4) is 0 Å². The molecule has 0 aromatic heterocycles. The van der Waals surface area contributed by atoms with E-state index < -0.39 is 36.2 Å². The summed E-state index contributed by atoms with van der Waals surface area (Å²) in [7, 11) is 0. The number of rotatable bonds is 6. The minimum Gasteiger partial charge on any atom is -0.455 e. The van der Waals surface area contributed by atoms with Gasteiger partial charge in [-0.2, -0.15) is 0 Å². The Morgan fingerprint density at radius 1 is 1.46 bits per heavy atom. The Hall–Kier alpha value is -2.51. The van der Waals surface area contributed by atoms with Crippen molar-refractivity contribution in [2.75, 3.05) is 13.2 Å². The molecule has 0 amide bonds. The summed E-state index contributed by atoms with van der Waals surface area (Å²) in [6.45, 7) is 10.7. The van der Waals surface area contributed by atoms with Gasteiger partial charge in [-0.05, 0) is 38.3 Å². The molecule has 152 valence electrons. The molecular weight excluding hydrogens is 364 g/mol. The van der Waals surface area contributed by atoms with Crippen molar-refractivity contribution in [3.63, 3.8) is 0 Å². The first-order valence-corrected chi connectivity index (χ1v) is 9.17. The third-order valence-electron chi connectivity index (χ3n) is 4.76. The molecule has 1 aliphatic carbocycles. The molecule has 1 aliphatic heterocycles. The highest BCUT2D eigenvalue weighted by molar-refractivity contribution is 5.92. The van der Waals surface area contributed by atoms with Crippen LogP contribution in [0.4, 0.5) is 0 Å². The molecule has 4 atom stereocenters. The van der Waals surface area contributed by atoms with E-state index in [1.807, 2.05) is 0 Å². The summed E-state index contributed by atoms with van der Waals surface area (Å²) in [6.07, 6.45) is 2.24. The van der Waals surface area contributed by atoms with Crippen LogP contribution in [-0.4, -0.2) is 54.9 Å². The van der Waals surface area contributed by atoms with E-state index in [1.165, 1.54) is 6.92 Å². The standard InChI is InChI=1S/C21H26O7/c1-5-26-18-15(11-23)8-6-7-14(10-22)9-16-17(13(4)21(25)27-16)19(18)28-20(24)12(2)3/h8-9,11,16-19,22H,2,4-7,10H2,1,3H3/t16-,17+,18-,19+/m1/s1. The zero-order valence-corrected chi connectivity index (χ0v) is 16.2. The Morgan fingerprint density at radius 3 is 2.75 bits per heavy atom. The molecule has 2 rings (SSSR count). The number of hydrogen-bond donors (Lipinski definition) is 1. The third kappa shape index (κ3) is 4.66. The van der Waals surface area contributed by atoms with E-state index in [0.29, 0.717) is 30.3 Å². The molecule has 1 saturated heterocycles. The summed E-state index contributed by atoms with van der Waals surface area (Å²) < 4.78 is 16.8. The second-order valence-electron chi connectivity index (χ2n) is 6.79. The molecule has 0 spiro atoms. The van der Waals surface area contributed by atoms with Crippen LogP contribution in [0.25, 0.3) is 0 Å². The van der Waals surface area contributed by atoms with Gasteiger partial charge in [-0.3, -0.25) is 4.79 Å². The highest BCUT2D eigenvalue weighted by Gasteiger charge is 2.48. The van der Waals surface area contributed by atoms with Crippen molar-refractivity contribution < 1.29 is 33.7 Å². The van der Waals surface area contributed by atoms with Gasteiger partial charge >= 0.3 is 11.9 Å². The predicted molar refractivity (Wildman–Crippen MR) is 101 cm³/mol. The molecule has 1 N–H and O–H groups in total. The molecule has 0 aromatic rings. The zero-order valence-electron chi connectivity index (χ0n) is 16.2. The molecule has 0 saturated carbocycles. The number of hydrogen-bond acceptors (Lipinski definition) is 7. The number of aliphatic hydroxyl groups excluding tert-OH is 1. The van der Waals surface area contributed by atoms with Gasteiger partial charge in [0.2, 0.25) is 0 Å². The van der Waals surface area contributed by atoms with Gasteiger partial charge in [0, 0.05) is 23.3 Å². The van der Waals surface area contributed by atoms with Crippen molar-refractivity contribution in [1.29, 1.82) is 0 Å². The first-order valence-electron chi connectivity index (χ1n) is 9.17. The lowest BCUT2D eigenvalue weighted by atomic mass is 9.83. The second kappa shape index (κ2) is 9.61. The Labute approximate surface area is 164 Å². The predicted octanol–water partition coefficient (Wildman–Crippen LogP) is 1.81. The fourth-order valence-electron chi connectivity index (χ4n) is 3.34. The SMILES string of the molecule is C=C(C)C(=O)O[C@H]1[C@H]2C(=C)C(=O)O[C@@H]2C=C(CO)CCC=C(C=O)[C@H]1OCC. The van der Waals surface area contributed by atoms with Gasteiger partial charge in [-0.1, -0.05) is 19.2 Å². The average Bonchev–Trinajstić information content (AvgIpc) is 2.94. The average molecular weight is 390 g/mol. The van der Waals surface area contributed by atoms with Crippen LogP contribution < -0.4 is 0 Å². The van der Waals surface area contributed by atoms with Crippen LogP contribution in [0.2, 0.25) is 0 Å². The number of ether oxygens (including phenoxy) is 3. The first-order chi connectivity index (χ1) is 13.3. The van der Waals surface area contributed by atoms with Crippen molar-refractivity contribution in [3.8, 4) is 0 Å². The van der Waals surface area contributed by atoms with Gasteiger partial charge in [-0.25, -0.2) is 9.59 Å². The van der Waals surface area contributed by atoms with Crippen LogP contribution in [0, 0.1) is 5.92 Å². The van der Waals surface area contributed by atoms with Crippen molar-refractivity contribution >= 4 is 18.2 Å². The minimum atomic E-state index is -1.03. The van der Waals surface area contributed by atoms with E-state index in [4.69, 9.17) is 14.2 Å². The maximum Gasteiger partial charge on any atom is 0.334 e. The third-order valence-corrected chi connectivity index (χ3v) is 4.76. The molecular formula is C21H26O7. The number of carbonyl (C=O) groups excluding carboxylic acids is 3. The highest BCUT2D eigenvalue weighted by atomic mass is 16.6. The fraction of sp³-hybridized carbons (Fsp3) is 0.476. The molecule has 7 nitrogen and oxygen atoms in total. The van der Waals surface area contributed by atoms with Crippen LogP contribution in [-0.2, 0) is 28.6 Å². The second-order valence-corrected chi connectivity index (χ2v) is 6.79. The molecule has 28 heavy (non-hydrogen) atoms. The summed E-state index contributed by atoms with van der Waals surface area (Å²) in [5.74, 6) is -2.06. The summed E-state index contributed by atoms with van der Waals surface area (Å²) in [6, 6.07) is 0. The zero-order chi connectivity index (χ0) is 20.8. The molecule has 2 aliphatic rings. The van der Waals surface area contributed by atoms with Crippen molar-refractivity contribution in [1.82, 2.24) is 0 Å². The van der Waals surface area contributed by atoms with E-state index in [2.05, 4.69) is 13.2 Å². The molecule has 7 heteroatoms. The van der Waals surface area contributed by atoms with E-state index in [1.54, 1.807) is 19.1 Å². The molecule has 1 fully saturated rings. The minimum absolute atomic E-state index is 0.119. The molecule has 0 radical (unpaired) electrons. The maximum atomic E-state index is 12.3. The maximum absolute atomic E-state index is 12.3. The van der Waals surface area contributed by atoms with Crippen LogP contribution in [0.15, 0.2) is 47.6 Å². The number of allylic oxidation sites excluding steroid dienone is 1. The van der Waals surface area contributed by atoms with Gasteiger partial charge in [0.25, 0.3) is 0 Å². The van der Waals surface area contributed by atoms with Crippen LogP contribution in [0.5, 0.6) is 0 Å². The monoisotopic (exact) mass is 390 g/mol. The number of esters is 2. The van der Waals surface area contributed by atoms with Gasteiger partial charge < -0.3 is 19.3 Å². The lowest BCUT2D eigenvalue weighted by Gasteiger charge is -2.33. The van der Waals surface area contributed by atoms with E-state index in [0.717, 1.165) is 0 Å². The lowest BCUT2D eigenvalue weighted by molar-refractivity contribution is -0.156. The molecule has 0 bridgehead atoms. The molecule has 1 heterocycles. The largest absolute Gasteiger partial charge is 0.455 e. The summed E-state index contributed by atoms with van der Waals surface area (Å²) in [4.78, 5) is 36.3. The van der Waals surface area contributed by atoms with Crippen LogP contribution >= 0.6 is 0 Å². The van der Waals surface area contributed by atoms with Gasteiger partial charge in [0.05, 0.1) is 12.5 Å². The van der Waals surface area contributed by atoms with Gasteiger partial charge in [-0.15, -0.1) is 0 Å². The van der Waals surface area contributed by atoms with E-state index in [9.17, 15) is 19.5 Å². The molecule has 0 aromatic carbocycles. The Bertz CT molecular complexity index is 731. The van der Waals surface area contributed by atoms with Crippen LogP contribution in [0.1, 0.15) is 26.7 Å². The molecule has 0 unspecified atom stereocenters. The van der Waals surface area contributed by atoms with Gasteiger partial charge in [0.15, 0.2) is 0 Å². The Kier molecular flexibility index (Phi) is 7.48. The lowest BCUT2D eigenvalue weighted by Crippen LogP contribution is -2.44. The summed E-state index contributed by atoms with van der Waals surface area (Å²) in [5.41, 5.74) is 1.24. The number of aldehydes is 1. The van der Waals surface area contributed by atoms with E-state index >= 15 is 0 Å². The Balaban J connectivity index is 2.61. The highest BCUT2D eigenvalue weighted by Crippen LogP contribution is 2.37. The van der Waals surface area contributed by atoms with E-state index in [-0.39, 0.29) is 24.4 Å². The topological polar surface area (TPSA) is 99.1 Å².